The number of terminal acetylenes is 1. The van der Waals surface area contributed by atoms with Crippen molar-refractivity contribution in [1.82, 2.24) is 14.3 Å². The molecule has 0 aliphatic carbocycles. The second kappa shape index (κ2) is 11.5. The van der Waals surface area contributed by atoms with Crippen molar-refractivity contribution in [3.8, 4) is 35.6 Å². The van der Waals surface area contributed by atoms with Crippen LogP contribution in [0.1, 0.15) is 24.2 Å². The standard InChI is InChI=1S/C15H13Cl2N3O2.C7H3I2NO/c1-2-7-22-13-9-12(10(16)8-11(13)17)20-15(21)19-6-4-3-5-14(19)18-20;8-5-1-4(3-10)2-6(9)7(5)11/h1,8-9H,3-7H2;1-2,11H. The molecule has 0 saturated heterocycles. The molecule has 4 rings (SSSR count). The van der Waals surface area contributed by atoms with Crippen LogP contribution in [-0.2, 0) is 13.0 Å². The average Bonchev–Trinajstić information content (AvgIpc) is 3.13. The minimum Gasteiger partial charge on any atom is -0.506 e. The highest BCUT2D eigenvalue weighted by Gasteiger charge is 2.20. The molecule has 170 valence electrons. The van der Waals surface area contributed by atoms with Crippen LogP contribution in [0.3, 0.4) is 0 Å². The van der Waals surface area contributed by atoms with Crippen molar-refractivity contribution >= 4 is 68.4 Å². The van der Waals surface area contributed by atoms with E-state index in [0.29, 0.717) is 40.7 Å². The Kier molecular flexibility index (Phi) is 8.93. The van der Waals surface area contributed by atoms with Crippen molar-refractivity contribution in [3.05, 3.63) is 63.3 Å². The quantitative estimate of drug-likeness (QED) is 0.300. The fourth-order valence-electron chi connectivity index (χ4n) is 3.10. The Morgan fingerprint density at radius 2 is 1.88 bits per heavy atom. The maximum absolute atomic E-state index is 12.5. The number of phenolic OH excluding ortho intramolecular Hbond substituents is 1. The lowest BCUT2D eigenvalue weighted by Crippen LogP contribution is -2.26. The number of benzene rings is 2. The van der Waals surface area contributed by atoms with Gasteiger partial charge < -0.3 is 9.84 Å². The predicted molar refractivity (Wildman–Crippen MR) is 143 cm³/mol. The van der Waals surface area contributed by atoms with Gasteiger partial charge in [0.05, 0.1) is 34.5 Å². The van der Waals surface area contributed by atoms with Gasteiger partial charge in [0.2, 0.25) is 0 Å². The van der Waals surface area contributed by atoms with Crippen LogP contribution in [0.5, 0.6) is 11.5 Å². The molecule has 1 aromatic heterocycles. The molecule has 0 radical (unpaired) electrons. The summed E-state index contributed by atoms with van der Waals surface area (Å²) in [4.78, 5) is 12.5. The maximum Gasteiger partial charge on any atom is 0.350 e. The molecule has 0 fully saturated rings. The number of fused-ring (bicyclic) bond motifs is 1. The number of hydrogen-bond donors (Lipinski definition) is 1. The summed E-state index contributed by atoms with van der Waals surface area (Å²) in [5.74, 6) is 3.76. The summed E-state index contributed by atoms with van der Waals surface area (Å²) >= 11 is 16.3. The fourth-order valence-corrected chi connectivity index (χ4v) is 5.38. The Labute approximate surface area is 227 Å². The number of hydrogen-bond acceptors (Lipinski definition) is 5. The van der Waals surface area contributed by atoms with E-state index in [1.807, 2.05) is 51.3 Å². The van der Waals surface area contributed by atoms with Gasteiger partial charge in [-0.2, -0.15) is 9.94 Å². The molecule has 3 aromatic rings. The number of ether oxygens (including phenoxy) is 1. The smallest absolute Gasteiger partial charge is 0.350 e. The summed E-state index contributed by atoms with van der Waals surface area (Å²) < 4.78 is 9.77. The van der Waals surface area contributed by atoms with Gasteiger partial charge in [-0.25, -0.2) is 4.79 Å². The summed E-state index contributed by atoms with van der Waals surface area (Å²) in [5, 5.41) is 22.9. The van der Waals surface area contributed by atoms with Crippen molar-refractivity contribution in [3.63, 3.8) is 0 Å². The number of aromatic hydroxyl groups is 1. The summed E-state index contributed by atoms with van der Waals surface area (Å²) in [6.45, 7) is 0.759. The molecule has 33 heavy (non-hydrogen) atoms. The Bertz CT molecular complexity index is 1320. The van der Waals surface area contributed by atoms with Gasteiger partial charge in [-0.15, -0.1) is 11.5 Å². The van der Waals surface area contributed by atoms with Gasteiger partial charge in [0.1, 0.15) is 23.9 Å². The number of nitriles is 1. The van der Waals surface area contributed by atoms with E-state index in [2.05, 4.69) is 11.0 Å². The van der Waals surface area contributed by atoms with E-state index >= 15 is 0 Å². The molecule has 0 unspecified atom stereocenters. The van der Waals surface area contributed by atoms with Crippen LogP contribution in [0, 0.1) is 30.8 Å². The fraction of sp³-hybridized carbons (Fsp3) is 0.227. The monoisotopic (exact) mass is 708 g/mol. The lowest BCUT2D eigenvalue weighted by atomic mass is 10.2. The second-order valence-electron chi connectivity index (χ2n) is 6.85. The van der Waals surface area contributed by atoms with Gasteiger partial charge in [-0.1, -0.05) is 29.1 Å². The summed E-state index contributed by atoms with van der Waals surface area (Å²) in [6, 6.07) is 8.43. The van der Waals surface area contributed by atoms with Gasteiger partial charge >= 0.3 is 5.69 Å². The lowest BCUT2D eigenvalue weighted by Gasteiger charge is -2.09. The van der Waals surface area contributed by atoms with Crippen molar-refractivity contribution in [2.75, 3.05) is 6.61 Å². The molecule has 7 nitrogen and oxygen atoms in total. The third-order valence-corrected chi connectivity index (χ3v) is 6.90. The lowest BCUT2D eigenvalue weighted by molar-refractivity contribution is 0.370. The molecule has 0 spiro atoms. The molecule has 1 N–H and O–H groups in total. The molecule has 0 atom stereocenters. The van der Waals surface area contributed by atoms with Gasteiger partial charge in [0.25, 0.3) is 0 Å². The number of rotatable bonds is 3. The van der Waals surface area contributed by atoms with Crippen LogP contribution in [0.25, 0.3) is 5.69 Å². The topological polar surface area (TPSA) is 93.1 Å². The van der Waals surface area contributed by atoms with Crippen LogP contribution in [-0.4, -0.2) is 26.1 Å². The Morgan fingerprint density at radius 1 is 1.18 bits per heavy atom. The highest BCUT2D eigenvalue weighted by Crippen LogP contribution is 2.32. The van der Waals surface area contributed by atoms with Crippen LogP contribution in [0.15, 0.2) is 29.1 Å². The maximum atomic E-state index is 12.5. The van der Waals surface area contributed by atoms with Crippen LogP contribution >= 0.6 is 68.4 Å². The molecule has 0 bridgehead atoms. The van der Waals surface area contributed by atoms with Crippen LogP contribution in [0.4, 0.5) is 0 Å². The highest BCUT2D eigenvalue weighted by molar-refractivity contribution is 14.1. The van der Waals surface area contributed by atoms with Crippen molar-refractivity contribution in [2.24, 2.45) is 0 Å². The molecule has 2 aromatic carbocycles. The van der Waals surface area contributed by atoms with Crippen molar-refractivity contribution in [1.29, 1.82) is 5.26 Å². The SMILES string of the molecule is C#CCOc1cc(-n2nc3n(c2=O)CCCC3)c(Cl)cc1Cl.N#Cc1cc(I)c(O)c(I)c1. The molecule has 2 heterocycles. The zero-order valence-electron chi connectivity index (χ0n) is 17.0. The predicted octanol–water partition coefficient (Wildman–Crippen LogP) is 5.16. The Morgan fingerprint density at radius 3 is 2.48 bits per heavy atom. The average molecular weight is 709 g/mol. The zero-order valence-corrected chi connectivity index (χ0v) is 22.8. The van der Waals surface area contributed by atoms with Gasteiger partial charge in [0.15, 0.2) is 0 Å². The number of nitrogens with zero attached hydrogens (tertiary/aromatic N) is 4. The van der Waals surface area contributed by atoms with E-state index in [-0.39, 0.29) is 18.0 Å². The van der Waals surface area contributed by atoms with Gasteiger partial charge in [-0.05, 0) is 76.2 Å². The van der Waals surface area contributed by atoms with Crippen LogP contribution in [0.2, 0.25) is 10.0 Å². The van der Waals surface area contributed by atoms with Crippen LogP contribution < -0.4 is 10.4 Å². The van der Waals surface area contributed by atoms with E-state index in [0.717, 1.165) is 25.1 Å². The summed E-state index contributed by atoms with van der Waals surface area (Å²) in [5.41, 5.74) is 0.809. The van der Waals surface area contributed by atoms with E-state index < -0.39 is 0 Å². The Hall–Kier alpha value is -1.93. The number of aromatic nitrogens is 3. The van der Waals surface area contributed by atoms with E-state index in [1.54, 1.807) is 22.8 Å². The molecule has 1 aliphatic heterocycles. The molecule has 11 heteroatoms. The number of aryl methyl sites for hydroxylation is 1. The minimum atomic E-state index is -0.207. The summed E-state index contributed by atoms with van der Waals surface area (Å²) in [7, 11) is 0. The zero-order chi connectivity index (χ0) is 24.1. The minimum absolute atomic E-state index is 0.0788. The molecular formula is C22H16Cl2I2N4O3. The normalized spacial score (nSPS) is 12.1. The molecular weight excluding hydrogens is 693 g/mol. The van der Waals surface area contributed by atoms with E-state index in [9.17, 15) is 9.90 Å². The first kappa shape index (κ1) is 25.7. The van der Waals surface area contributed by atoms with Crippen molar-refractivity contribution in [2.45, 2.75) is 25.8 Å². The van der Waals surface area contributed by atoms with Gasteiger partial charge in [-0.3, -0.25) is 4.57 Å². The third kappa shape index (κ3) is 5.96. The summed E-state index contributed by atoms with van der Waals surface area (Å²) in [6.07, 6.45) is 7.97. The first-order valence-electron chi connectivity index (χ1n) is 9.59. The molecule has 1 aliphatic rings. The first-order chi connectivity index (χ1) is 15.8. The van der Waals surface area contributed by atoms with E-state index in [4.69, 9.17) is 39.6 Å². The third-order valence-electron chi connectivity index (χ3n) is 4.66. The second-order valence-corrected chi connectivity index (χ2v) is 9.99. The Balaban J connectivity index is 0.000000235. The van der Waals surface area contributed by atoms with Gasteiger partial charge in [0, 0.05) is 19.0 Å². The highest BCUT2D eigenvalue weighted by atomic mass is 127. The molecule has 0 saturated carbocycles. The first-order valence-corrected chi connectivity index (χ1v) is 12.5. The van der Waals surface area contributed by atoms with E-state index in [1.165, 1.54) is 10.7 Å². The largest absolute Gasteiger partial charge is 0.506 e. The number of phenols is 1. The van der Waals surface area contributed by atoms with Crippen molar-refractivity contribution < 1.29 is 9.84 Å². The molecule has 0 amide bonds. The number of halogens is 4.